The molecule has 0 amide bonds. The maximum absolute atomic E-state index is 12.3. The first-order valence-electron chi connectivity index (χ1n) is 5.62. The minimum Gasteiger partial charge on any atom is -0.297 e. The van der Waals surface area contributed by atoms with Gasteiger partial charge in [0, 0.05) is 0 Å². The average molecular weight is 434 g/mol. The van der Waals surface area contributed by atoms with Crippen molar-refractivity contribution in [2.75, 3.05) is 13.2 Å². The van der Waals surface area contributed by atoms with Gasteiger partial charge in [-0.3, -0.25) is 9.05 Å². The van der Waals surface area contributed by atoms with Crippen molar-refractivity contribution in [1.82, 2.24) is 4.49 Å². The Morgan fingerprint density at radius 3 is 1.67 bits per heavy atom. The normalized spacial score (nSPS) is 12.0. The highest BCUT2D eigenvalue weighted by atomic mass is 35.5. The van der Waals surface area contributed by atoms with Crippen LogP contribution in [-0.4, -0.2) is 13.2 Å². The third-order valence-corrected chi connectivity index (χ3v) is 7.60. The third kappa shape index (κ3) is 5.05. The number of rotatable bonds is 7. The van der Waals surface area contributed by atoms with Crippen molar-refractivity contribution in [1.29, 1.82) is 0 Å². The molecule has 0 saturated carbocycles. The molecule has 0 fully saturated rings. The molecule has 0 spiro atoms. The molecular formula is C10H11Cl5NO3PS. The van der Waals surface area contributed by atoms with Crippen molar-refractivity contribution in [3.05, 3.63) is 25.1 Å². The highest BCUT2D eigenvalue weighted by Crippen LogP contribution is 2.51. The Morgan fingerprint density at radius 2 is 1.29 bits per heavy atom. The van der Waals surface area contributed by atoms with Crippen LogP contribution < -0.4 is 4.49 Å². The van der Waals surface area contributed by atoms with Crippen LogP contribution in [-0.2, 0) is 13.6 Å². The van der Waals surface area contributed by atoms with Crippen LogP contribution in [0.1, 0.15) is 13.8 Å². The van der Waals surface area contributed by atoms with Gasteiger partial charge in [-0.05, 0) is 25.8 Å². The zero-order valence-corrected chi connectivity index (χ0v) is 16.4. The standard InChI is InChI=1S/C10H11Cl5NO3PS/c1-3-18-20(17,19-4-2)16-21-10-8(14)6(12)5(11)7(13)9(10)15/h3-4H2,1-2H3,(H,16,17). The summed E-state index contributed by atoms with van der Waals surface area (Å²) in [6.07, 6.45) is 0. The molecule has 1 aromatic carbocycles. The number of benzene rings is 1. The Balaban J connectivity index is 3.06. The Labute approximate surface area is 152 Å². The molecule has 1 aromatic rings. The third-order valence-electron chi connectivity index (χ3n) is 2.03. The number of nitrogens with one attached hydrogen (secondary N) is 1. The predicted molar refractivity (Wildman–Crippen MR) is 91.3 cm³/mol. The van der Waals surface area contributed by atoms with Crippen LogP contribution in [0.5, 0.6) is 0 Å². The van der Waals surface area contributed by atoms with Crippen LogP contribution in [0, 0.1) is 0 Å². The van der Waals surface area contributed by atoms with Crippen molar-refractivity contribution in [2.24, 2.45) is 0 Å². The van der Waals surface area contributed by atoms with Crippen LogP contribution in [0.25, 0.3) is 0 Å². The van der Waals surface area contributed by atoms with E-state index in [1.165, 1.54) is 0 Å². The lowest BCUT2D eigenvalue weighted by molar-refractivity contribution is 0.217. The van der Waals surface area contributed by atoms with E-state index >= 15 is 0 Å². The molecule has 0 aliphatic carbocycles. The van der Waals surface area contributed by atoms with Gasteiger partial charge >= 0.3 is 7.75 Å². The summed E-state index contributed by atoms with van der Waals surface area (Å²) in [4.78, 5) is 0.275. The maximum atomic E-state index is 12.3. The van der Waals surface area contributed by atoms with Gasteiger partial charge in [0.25, 0.3) is 0 Å². The molecule has 0 unspecified atom stereocenters. The van der Waals surface area contributed by atoms with E-state index in [1.54, 1.807) is 13.8 Å². The second kappa shape index (κ2) is 8.84. The second-order valence-electron chi connectivity index (χ2n) is 3.43. The first-order chi connectivity index (χ1) is 9.77. The molecule has 0 heterocycles. The zero-order valence-electron chi connectivity index (χ0n) is 10.9. The van der Waals surface area contributed by atoms with E-state index in [2.05, 4.69) is 4.49 Å². The van der Waals surface area contributed by atoms with Gasteiger partial charge in [-0.15, -0.1) is 0 Å². The molecular weight excluding hydrogens is 422 g/mol. The first kappa shape index (κ1) is 20.2. The Bertz CT molecular complexity index is 535. The van der Waals surface area contributed by atoms with Gasteiger partial charge in [0.2, 0.25) is 0 Å². The highest BCUT2D eigenvalue weighted by molar-refractivity contribution is 8.02. The summed E-state index contributed by atoms with van der Waals surface area (Å²) in [7, 11) is -3.49. The van der Waals surface area contributed by atoms with Gasteiger partial charge < -0.3 is 0 Å². The van der Waals surface area contributed by atoms with Crippen LogP contribution in [0.3, 0.4) is 0 Å². The van der Waals surface area contributed by atoms with Gasteiger partial charge in [0.15, 0.2) is 0 Å². The zero-order chi connectivity index (χ0) is 16.2. The lowest BCUT2D eigenvalue weighted by atomic mass is 10.3. The first-order valence-corrected chi connectivity index (χ1v) is 9.87. The molecule has 0 aliphatic heterocycles. The fourth-order valence-electron chi connectivity index (χ4n) is 1.21. The number of halogens is 5. The largest absolute Gasteiger partial charge is 0.415 e. The van der Waals surface area contributed by atoms with Crippen molar-refractivity contribution in [2.45, 2.75) is 18.7 Å². The summed E-state index contributed by atoms with van der Waals surface area (Å²) >= 11 is 30.8. The topological polar surface area (TPSA) is 47.6 Å². The predicted octanol–water partition coefficient (Wildman–Crippen LogP) is 6.73. The molecule has 120 valence electrons. The van der Waals surface area contributed by atoms with E-state index < -0.39 is 7.75 Å². The maximum Gasteiger partial charge on any atom is 0.415 e. The fraction of sp³-hybridized carbons (Fsp3) is 0.400. The van der Waals surface area contributed by atoms with Gasteiger partial charge in [0.05, 0.1) is 43.2 Å². The molecule has 0 saturated heterocycles. The van der Waals surface area contributed by atoms with Crippen LogP contribution in [0.15, 0.2) is 4.90 Å². The molecule has 0 radical (unpaired) electrons. The van der Waals surface area contributed by atoms with Gasteiger partial charge in [-0.25, -0.2) is 4.57 Å². The summed E-state index contributed by atoms with van der Waals surface area (Å²) in [5.41, 5.74) is 0. The summed E-state index contributed by atoms with van der Waals surface area (Å²) in [5.74, 6) is 0. The lowest BCUT2D eigenvalue weighted by Crippen LogP contribution is -2.08. The van der Waals surface area contributed by atoms with Crippen LogP contribution >= 0.6 is 77.7 Å². The molecule has 4 nitrogen and oxygen atoms in total. The molecule has 1 N–H and O–H groups in total. The Morgan fingerprint density at radius 1 is 0.905 bits per heavy atom. The quantitative estimate of drug-likeness (QED) is 0.224. The number of hydrogen-bond acceptors (Lipinski definition) is 4. The molecule has 0 aliphatic rings. The van der Waals surface area contributed by atoms with Gasteiger partial charge in [0.1, 0.15) is 0 Å². The van der Waals surface area contributed by atoms with E-state index in [0.717, 1.165) is 11.9 Å². The summed E-state index contributed by atoms with van der Waals surface area (Å²) < 4.78 is 25.0. The minimum atomic E-state index is -3.49. The van der Waals surface area contributed by atoms with E-state index in [0.29, 0.717) is 0 Å². The molecule has 21 heavy (non-hydrogen) atoms. The summed E-state index contributed by atoms with van der Waals surface area (Å²) in [6.45, 7) is 3.78. The smallest absolute Gasteiger partial charge is 0.297 e. The second-order valence-corrected chi connectivity index (χ2v) is 8.17. The lowest BCUT2D eigenvalue weighted by Gasteiger charge is -2.18. The minimum absolute atomic E-state index is 0.0514. The van der Waals surface area contributed by atoms with Crippen LogP contribution in [0.2, 0.25) is 25.1 Å². The number of hydrogen-bond donors (Lipinski definition) is 1. The monoisotopic (exact) mass is 431 g/mol. The van der Waals surface area contributed by atoms with Crippen molar-refractivity contribution >= 4 is 77.7 Å². The Kier molecular flexibility index (Phi) is 8.49. The molecule has 1 rings (SSSR count). The SMILES string of the molecule is CCOP(=O)(NSc1c(Cl)c(Cl)c(Cl)c(Cl)c1Cl)OCC. The van der Waals surface area contributed by atoms with Crippen molar-refractivity contribution < 1.29 is 13.6 Å². The average Bonchev–Trinajstić information content (AvgIpc) is 2.43. The summed E-state index contributed by atoms with van der Waals surface area (Å²) in [5, 5.41) is 0.344. The van der Waals surface area contributed by atoms with Crippen molar-refractivity contribution in [3.8, 4) is 0 Å². The van der Waals surface area contributed by atoms with E-state index in [-0.39, 0.29) is 43.2 Å². The van der Waals surface area contributed by atoms with Crippen molar-refractivity contribution in [3.63, 3.8) is 0 Å². The highest BCUT2D eigenvalue weighted by Gasteiger charge is 2.27. The molecule has 0 atom stereocenters. The molecule has 11 heteroatoms. The van der Waals surface area contributed by atoms with E-state index in [4.69, 9.17) is 67.1 Å². The van der Waals surface area contributed by atoms with E-state index in [9.17, 15) is 4.57 Å². The Hall–Kier alpha value is 1.13. The summed E-state index contributed by atoms with van der Waals surface area (Å²) in [6, 6.07) is 0. The molecule has 0 aromatic heterocycles. The van der Waals surface area contributed by atoms with E-state index in [1.807, 2.05) is 0 Å². The fourth-order valence-corrected chi connectivity index (χ4v) is 5.06. The molecule has 0 bridgehead atoms. The van der Waals surface area contributed by atoms with Gasteiger partial charge in [-0.1, -0.05) is 58.0 Å². The van der Waals surface area contributed by atoms with Crippen LogP contribution in [0.4, 0.5) is 0 Å². The van der Waals surface area contributed by atoms with Gasteiger partial charge in [-0.2, -0.15) is 4.49 Å².